The molecule has 0 atom stereocenters. The molecule has 0 amide bonds. The number of benzene rings is 2. The molecule has 28 heavy (non-hydrogen) atoms. The minimum atomic E-state index is -4.38. The number of rotatable bonds is 3. The number of hydrogen-bond acceptors (Lipinski definition) is 3. The van der Waals surface area contributed by atoms with Crippen molar-refractivity contribution < 1.29 is 17.6 Å². The van der Waals surface area contributed by atoms with Gasteiger partial charge in [-0.25, -0.2) is 9.38 Å². The number of aliphatic imine (C=N–C) groups is 1. The molecule has 2 N–H and O–H groups in total. The van der Waals surface area contributed by atoms with Gasteiger partial charge in [0.25, 0.3) is 0 Å². The molecular formula is C20H16ClF4N3. The van der Waals surface area contributed by atoms with Crippen molar-refractivity contribution in [1.82, 2.24) is 0 Å². The van der Waals surface area contributed by atoms with Gasteiger partial charge in [-0.05, 0) is 55.0 Å². The topological polar surface area (TPSA) is 36.4 Å². The third-order valence-corrected chi connectivity index (χ3v) is 4.18. The van der Waals surface area contributed by atoms with Crippen molar-refractivity contribution in [2.45, 2.75) is 19.0 Å². The molecule has 0 spiro atoms. The highest BCUT2D eigenvalue weighted by molar-refractivity contribution is 6.31. The monoisotopic (exact) mass is 409 g/mol. The number of anilines is 2. The summed E-state index contributed by atoms with van der Waals surface area (Å²) in [5.41, 5.74) is 0.348. The molecular weight excluding hydrogens is 394 g/mol. The lowest BCUT2D eigenvalue weighted by molar-refractivity contribution is -0.137. The summed E-state index contributed by atoms with van der Waals surface area (Å²) in [7, 11) is 0. The maximum absolute atomic E-state index is 13.3. The second kappa shape index (κ2) is 8.48. The number of allylic oxidation sites excluding steroid dienone is 3. The molecule has 1 aliphatic heterocycles. The third kappa shape index (κ3) is 5.36. The number of nitrogens with zero attached hydrogens (tertiary/aromatic N) is 1. The first-order valence-electron chi connectivity index (χ1n) is 8.42. The van der Waals surface area contributed by atoms with Gasteiger partial charge in [-0.1, -0.05) is 23.8 Å². The first-order valence-corrected chi connectivity index (χ1v) is 8.80. The highest BCUT2D eigenvalue weighted by atomic mass is 35.5. The van der Waals surface area contributed by atoms with Crippen molar-refractivity contribution in [1.29, 1.82) is 0 Å². The predicted molar refractivity (Wildman–Crippen MR) is 104 cm³/mol. The van der Waals surface area contributed by atoms with E-state index in [4.69, 9.17) is 11.6 Å². The van der Waals surface area contributed by atoms with Crippen LogP contribution in [0.25, 0.3) is 0 Å². The minimum absolute atomic E-state index is 0.0148. The van der Waals surface area contributed by atoms with E-state index in [0.29, 0.717) is 29.5 Å². The van der Waals surface area contributed by atoms with Crippen LogP contribution in [-0.4, -0.2) is 5.84 Å². The summed E-state index contributed by atoms with van der Waals surface area (Å²) >= 11 is 5.79. The maximum atomic E-state index is 13.3. The van der Waals surface area contributed by atoms with Crippen LogP contribution in [0.3, 0.4) is 0 Å². The van der Waals surface area contributed by atoms with Crippen LogP contribution < -0.4 is 10.6 Å². The fraction of sp³-hybridized carbons (Fsp3) is 0.150. The predicted octanol–water partition coefficient (Wildman–Crippen LogP) is 6.61. The lowest BCUT2D eigenvalue weighted by Gasteiger charge is -2.14. The summed E-state index contributed by atoms with van der Waals surface area (Å²) < 4.78 is 51.4. The Morgan fingerprint density at radius 3 is 2.36 bits per heavy atom. The Balaban J connectivity index is 1.78. The maximum Gasteiger partial charge on any atom is 0.416 e. The van der Waals surface area contributed by atoms with Crippen molar-refractivity contribution in [2.24, 2.45) is 4.99 Å². The Labute approximate surface area is 164 Å². The van der Waals surface area contributed by atoms with E-state index in [2.05, 4.69) is 15.6 Å². The van der Waals surface area contributed by atoms with Crippen molar-refractivity contribution in [2.75, 3.05) is 10.6 Å². The lowest BCUT2D eigenvalue weighted by atomic mass is 10.2. The smallest absolute Gasteiger partial charge is 0.344 e. The van der Waals surface area contributed by atoms with Gasteiger partial charge in [-0.15, -0.1) is 0 Å². The van der Waals surface area contributed by atoms with E-state index in [1.54, 1.807) is 6.08 Å². The molecule has 3 rings (SSSR count). The van der Waals surface area contributed by atoms with Crippen molar-refractivity contribution in [3.8, 4) is 0 Å². The average Bonchev–Trinajstić information content (AvgIpc) is 2.61. The van der Waals surface area contributed by atoms with Crippen molar-refractivity contribution in [3.63, 3.8) is 0 Å². The van der Waals surface area contributed by atoms with Gasteiger partial charge in [0.15, 0.2) is 0 Å². The summed E-state index contributed by atoms with van der Waals surface area (Å²) in [6.07, 6.45) is 2.44. The Bertz CT molecular complexity index is 931. The van der Waals surface area contributed by atoms with Crippen LogP contribution in [0.2, 0.25) is 5.02 Å². The number of halogens is 5. The van der Waals surface area contributed by atoms with Gasteiger partial charge < -0.3 is 10.6 Å². The van der Waals surface area contributed by atoms with Crippen molar-refractivity contribution >= 4 is 28.8 Å². The van der Waals surface area contributed by atoms with E-state index < -0.39 is 17.6 Å². The molecule has 0 aliphatic carbocycles. The van der Waals surface area contributed by atoms with Gasteiger partial charge in [0.2, 0.25) is 0 Å². The molecule has 0 bridgehead atoms. The van der Waals surface area contributed by atoms with Crippen LogP contribution in [0.4, 0.5) is 28.9 Å². The van der Waals surface area contributed by atoms with E-state index in [0.717, 1.165) is 18.6 Å². The highest BCUT2D eigenvalue weighted by Crippen LogP contribution is 2.30. The number of hydrogen-bond donors (Lipinski definition) is 2. The zero-order chi connectivity index (χ0) is 20.1. The van der Waals surface area contributed by atoms with Gasteiger partial charge in [-0.3, -0.25) is 0 Å². The molecule has 2 aromatic rings. The Morgan fingerprint density at radius 2 is 1.68 bits per heavy atom. The van der Waals surface area contributed by atoms with Gasteiger partial charge in [0, 0.05) is 17.8 Å². The molecule has 0 saturated carbocycles. The molecule has 0 unspecified atom stereocenters. The van der Waals surface area contributed by atoms with Gasteiger partial charge in [0.1, 0.15) is 17.5 Å². The van der Waals surface area contributed by atoms with E-state index in [1.807, 2.05) is 12.2 Å². The number of nitrogens with one attached hydrogen (secondary N) is 2. The standard InChI is InChI=1S/C20H16ClF4N3/c21-16-12-15(10-11-17(16)22)27-19-5-3-1-2-4-18(28-19)26-14-8-6-13(7-9-14)20(23,24)25/h1,3,5-12,27H,2,4H2,(H,26,28)/b3-1-,19-5-. The van der Waals surface area contributed by atoms with Crippen LogP contribution in [0.15, 0.2) is 71.5 Å². The SMILES string of the molecule is Fc1ccc(NC2=C/C=C\CC/C(Nc3ccc(C(F)(F)F)cc3)=N\2)cc1Cl. The van der Waals surface area contributed by atoms with E-state index in [-0.39, 0.29) is 5.02 Å². The third-order valence-electron chi connectivity index (χ3n) is 3.89. The average molecular weight is 410 g/mol. The molecule has 0 aromatic heterocycles. The van der Waals surface area contributed by atoms with Crippen LogP contribution in [0.5, 0.6) is 0 Å². The fourth-order valence-electron chi connectivity index (χ4n) is 2.51. The van der Waals surface area contributed by atoms with Crippen LogP contribution in [0, 0.1) is 5.82 Å². The van der Waals surface area contributed by atoms with Gasteiger partial charge in [-0.2, -0.15) is 13.2 Å². The molecule has 3 nitrogen and oxygen atoms in total. The van der Waals surface area contributed by atoms with Gasteiger partial charge in [0.05, 0.1) is 10.6 Å². The normalized spacial score (nSPS) is 19.5. The molecule has 0 saturated heterocycles. The quantitative estimate of drug-likeness (QED) is 0.559. The lowest BCUT2D eigenvalue weighted by Crippen LogP contribution is -2.14. The molecule has 0 fully saturated rings. The summed E-state index contributed by atoms with van der Waals surface area (Å²) in [5, 5.41) is 6.07. The molecule has 1 aliphatic rings. The second-order valence-corrected chi connectivity index (χ2v) is 6.44. The molecule has 2 aromatic carbocycles. The summed E-state index contributed by atoms with van der Waals surface area (Å²) in [6, 6.07) is 8.96. The molecule has 146 valence electrons. The van der Waals surface area contributed by atoms with Crippen molar-refractivity contribution in [3.05, 3.63) is 82.9 Å². The van der Waals surface area contributed by atoms with Crippen LogP contribution in [0.1, 0.15) is 18.4 Å². The van der Waals surface area contributed by atoms with Gasteiger partial charge >= 0.3 is 6.18 Å². The number of alkyl halides is 3. The van der Waals surface area contributed by atoms with Crippen LogP contribution >= 0.6 is 11.6 Å². The molecule has 8 heteroatoms. The fourth-order valence-corrected chi connectivity index (χ4v) is 2.69. The Hall–Kier alpha value is -2.80. The number of amidine groups is 1. The summed E-state index contributed by atoms with van der Waals surface area (Å²) in [6.45, 7) is 0. The van der Waals surface area contributed by atoms with E-state index in [9.17, 15) is 17.6 Å². The zero-order valence-corrected chi connectivity index (χ0v) is 15.3. The Morgan fingerprint density at radius 1 is 0.964 bits per heavy atom. The van der Waals surface area contributed by atoms with E-state index >= 15 is 0 Å². The second-order valence-electron chi connectivity index (χ2n) is 6.03. The summed E-state index contributed by atoms with van der Waals surface area (Å²) in [5.74, 6) is 0.538. The van der Waals surface area contributed by atoms with E-state index in [1.165, 1.54) is 30.3 Å². The largest absolute Gasteiger partial charge is 0.416 e. The minimum Gasteiger partial charge on any atom is -0.344 e. The highest BCUT2D eigenvalue weighted by Gasteiger charge is 2.29. The van der Waals surface area contributed by atoms with Crippen LogP contribution in [-0.2, 0) is 6.18 Å². The zero-order valence-electron chi connectivity index (χ0n) is 14.5. The first-order chi connectivity index (χ1) is 13.3. The molecule has 0 radical (unpaired) electrons. The summed E-state index contributed by atoms with van der Waals surface area (Å²) in [4.78, 5) is 4.49. The first kappa shape index (κ1) is 19.9. The molecule has 1 heterocycles. The Kier molecular flexibility index (Phi) is 6.04.